The van der Waals surface area contributed by atoms with Crippen molar-refractivity contribution in [1.82, 2.24) is 5.32 Å². The van der Waals surface area contributed by atoms with Gasteiger partial charge in [0, 0.05) is 30.0 Å². The van der Waals surface area contributed by atoms with E-state index in [2.05, 4.69) is 19.2 Å². The molecule has 110 valence electrons. The van der Waals surface area contributed by atoms with E-state index in [1.54, 1.807) is 0 Å². The third kappa shape index (κ3) is 2.53. The molecule has 0 saturated heterocycles. The lowest BCUT2D eigenvalue weighted by Crippen LogP contribution is -2.40. The minimum atomic E-state index is -0.0847. The molecule has 0 aromatic heterocycles. The van der Waals surface area contributed by atoms with Crippen LogP contribution in [0.2, 0.25) is 0 Å². The standard InChI is InChI=1S/C18H21NO2/c1-11-6-4-5-7-12(11)13-8-16(21)19-14-9-18(2,3)10-15(20)17(13)14/h4-7,13H,8-10H2,1-3H3,(H,19,21)/t13-/m1/s1. The second-order valence-electron chi connectivity index (χ2n) is 6.99. The van der Waals surface area contributed by atoms with E-state index in [1.807, 2.05) is 31.2 Å². The van der Waals surface area contributed by atoms with Crippen molar-refractivity contribution in [1.29, 1.82) is 0 Å². The maximum atomic E-state index is 12.6. The molecule has 1 aromatic carbocycles. The number of hydrogen-bond donors (Lipinski definition) is 1. The summed E-state index contributed by atoms with van der Waals surface area (Å²) >= 11 is 0. The number of rotatable bonds is 1. The average Bonchev–Trinajstić information content (AvgIpc) is 2.36. The molecule has 1 aliphatic heterocycles. The Labute approximate surface area is 125 Å². The van der Waals surface area contributed by atoms with Crippen LogP contribution in [0, 0.1) is 12.3 Å². The molecule has 1 aliphatic carbocycles. The number of carbonyl (C=O) groups excluding carboxylic acids is 2. The molecule has 3 heteroatoms. The molecule has 0 fully saturated rings. The molecular weight excluding hydrogens is 262 g/mol. The molecule has 0 spiro atoms. The van der Waals surface area contributed by atoms with E-state index in [1.165, 1.54) is 0 Å². The predicted octanol–water partition coefficient (Wildman–Crippen LogP) is 3.24. The van der Waals surface area contributed by atoms with Gasteiger partial charge in [-0.15, -0.1) is 0 Å². The zero-order valence-corrected chi connectivity index (χ0v) is 12.8. The topological polar surface area (TPSA) is 46.2 Å². The molecule has 2 aliphatic rings. The highest BCUT2D eigenvalue weighted by molar-refractivity contribution is 6.02. The van der Waals surface area contributed by atoms with Crippen LogP contribution in [-0.2, 0) is 9.59 Å². The molecule has 3 rings (SSSR count). The Morgan fingerprint density at radius 3 is 2.57 bits per heavy atom. The van der Waals surface area contributed by atoms with E-state index >= 15 is 0 Å². The molecule has 1 N–H and O–H groups in total. The Kier molecular flexibility index (Phi) is 3.23. The van der Waals surface area contributed by atoms with Crippen LogP contribution in [0.25, 0.3) is 0 Å². The van der Waals surface area contributed by atoms with E-state index in [-0.39, 0.29) is 23.0 Å². The van der Waals surface area contributed by atoms with E-state index in [0.717, 1.165) is 28.8 Å². The van der Waals surface area contributed by atoms with Crippen LogP contribution in [0.5, 0.6) is 0 Å². The first-order chi connectivity index (χ1) is 9.87. The summed E-state index contributed by atoms with van der Waals surface area (Å²) in [7, 11) is 0. The number of amides is 1. The molecule has 1 amide bonds. The first-order valence-electron chi connectivity index (χ1n) is 7.49. The van der Waals surface area contributed by atoms with E-state index < -0.39 is 0 Å². The van der Waals surface area contributed by atoms with E-state index in [9.17, 15) is 9.59 Å². The molecule has 3 nitrogen and oxygen atoms in total. The number of nitrogens with one attached hydrogen (secondary N) is 1. The van der Waals surface area contributed by atoms with Gasteiger partial charge >= 0.3 is 0 Å². The zero-order valence-electron chi connectivity index (χ0n) is 12.8. The number of allylic oxidation sites excluding steroid dienone is 2. The fourth-order valence-corrected chi connectivity index (χ4v) is 3.60. The van der Waals surface area contributed by atoms with Crippen molar-refractivity contribution in [3.8, 4) is 0 Å². The van der Waals surface area contributed by atoms with Crippen LogP contribution in [0.15, 0.2) is 35.5 Å². The van der Waals surface area contributed by atoms with Crippen LogP contribution >= 0.6 is 0 Å². The summed E-state index contributed by atoms with van der Waals surface area (Å²) in [5.41, 5.74) is 3.86. The Balaban J connectivity index is 2.11. The van der Waals surface area contributed by atoms with Crippen molar-refractivity contribution in [3.63, 3.8) is 0 Å². The summed E-state index contributed by atoms with van der Waals surface area (Å²) in [6.45, 7) is 6.20. The van der Waals surface area contributed by atoms with Crippen LogP contribution in [0.4, 0.5) is 0 Å². The number of hydrogen-bond acceptors (Lipinski definition) is 2. The Hall–Kier alpha value is -1.90. The maximum Gasteiger partial charge on any atom is 0.225 e. The summed E-state index contributed by atoms with van der Waals surface area (Å²) in [4.78, 5) is 24.7. The van der Waals surface area contributed by atoms with Crippen LogP contribution < -0.4 is 5.32 Å². The lowest BCUT2D eigenvalue weighted by molar-refractivity contribution is -0.122. The number of ketones is 1. The minimum absolute atomic E-state index is 0.0208. The van der Waals surface area contributed by atoms with Gasteiger partial charge in [0.2, 0.25) is 5.91 Å². The van der Waals surface area contributed by atoms with Crippen LogP contribution in [0.3, 0.4) is 0 Å². The van der Waals surface area contributed by atoms with Crippen molar-refractivity contribution in [2.75, 3.05) is 0 Å². The second-order valence-corrected chi connectivity index (χ2v) is 6.99. The summed E-state index contributed by atoms with van der Waals surface area (Å²) < 4.78 is 0. The normalized spacial score (nSPS) is 24.6. The predicted molar refractivity (Wildman–Crippen MR) is 81.7 cm³/mol. The third-order valence-corrected chi connectivity index (χ3v) is 4.51. The lowest BCUT2D eigenvalue weighted by atomic mass is 9.69. The van der Waals surface area contributed by atoms with Gasteiger partial charge in [-0.05, 0) is 29.9 Å². The number of carbonyl (C=O) groups is 2. The Morgan fingerprint density at radius 2 is 1.86 bits per heavy atom. The van der Waals surface area contributed by atoms with Gasteiger partial charge < -0.3 is 5.32 Å². The van der Waals surface area contributed by atoms with Gasteiger partial charge in [-0.25, -0.2) is 0 Å². The Morgan fingerprint density at radius 1 is 1.14 bits per heavy atom. The second kappa shape index (κ2) is 4.83. The molecule has 0 unspecified atom stereocenters. The number of Topliss-reactive ketones (excluding diaryl/α,β-unsaturated/α-hetero) is 1. The van der Waals surface area contributed by atoms with Crippen molar-refractivity contribution in [2.24, 2.45) is 5.41 Å². The summed E-state index contributed by atoms with van der Waals surface area (Å²) in [5.74, 6) is 0.126. The summed E-state index contributed by atoms with van der Waals surface area (Å²) in [6.07, 6.45) is 1.70. The van der Waals surface area contributed by atoms with Gasteiger partial charge in [0.1, 0.15) is 0 Å². The van der Waals surface area contributed by atoms with Crippen molar-refractivity contribution < 1.29 is 9.59 Å². The van der Waals surface area contributed by atoms with Gasteiger partial charge in [-0.2, -0.15) is 0 Å². The SMILES string of the molecule is Cc1ccccc1[C@H]1CC(=O)NC2=C1C(=O)CC(C)(C)C2. The van der Waals surface area contributed by atoms with Crippen molar-refractivity contribution in [3.05, 3.63) is 46.7 Å². The fourth-order valence-electron chi connectivity index (χ4n) is 3.60. The molecule has 21 heavy (non-hydrogen) atoms. The highest BCUT2D eigenvalue weighted by Crippen LogP contribution is 2.44. The smallest absolute Gasteiger partial charge is 0.225 e. The molecular formula is C18H21NO2. The van der Waals surface area contributed by atoms with E-state index in [4.69, 9.17) is 0 Å². The lowest BCUT2D eigenvalue weighted by Gasteiger charge is -2.38. The molecule has 0 saturated carbocycles. The van der Waals surface area contributed by atoms with Gasteiger partial charge in [0.05, 0.1) is 0 Å². The fraction of sp³-hybridized carbons (Fsp3) is 0.444. The maximum absolute atomic E-state index is 12.6. The van der Waals surface area contributed by atoms with Crippen LogP contribution in [0.1, 0.15) is 50.2 Å². The van der Waals surface area contributed by atoms with Gasteiger partial charge in [-0.3, -0.25) is 9.59 Å². The van der Waals surface area contributed by atoms with Crippen LogP contribution in [-0.4, -0.2) is 11.7 Å². The highest BCUT2D eigenvalue weighted by atomic mass is 16.2. The number of benzene rings is 1. The van der Waals surface area contributed by atoms with Gasteiger partial charge in [0.15, 0.2) is 5.78 Å². The molecule has 1 atom stereocenters. The number of aryl methyl sites for hydroxylation is 1. The first-order valence-corrected chi connectivity index (χ1v) is 7.49. The summed E-state index contributed by atoms with van der Waals surface area (Å²) in [5, 5.41) is 2.94. The molecule has 1 aromatic rings. The molecule has 0 radical (unpaired) electrons. The minimum Gasteiger partial charge on any atom is -0.329 e. The monoisotopic (exact) mass is 283 g/mol. The first kappa shape index (κ1) is 14.1. The van der Waals surface area contributed by atoms with Gasteiger partial charge in [0.25, 0.3) is 0 Å². The zero-order chi connectivity index (χ0) is 15.2. The molecule has 1 heterocycles. The average molecular weight is 283 g/mol. The quantitative estimate of drug-likeness (QED) is 0.860. The third-order valence-electron chi connectivity index (χ3n) is 4.51. The van der Waals surface area contributed by atoms with E-state index in [0.29, 0.717) is 12.8 Å². The van der Waals surface area contributed by atoms with Crippen molar-refractivity contribution >= 4 is 11.7 Å². The molecule has 0 bridgehead atoms. The highest BCUT2D eigenvalue weighted by Gasteiger charge is 2.40. The van der Waals surface area contributed by atoms with Crippen molar-refractivity contribution in [2.45, 2.75) is 46.0 Å². The summed E-state index contributed by atoms with van der Waals surface area (Å²) in [6, 6.07) is 8.05. The largest absolute Gasteiger partial charge is 0.329 e. The Bertz CT molecular complexity index is 655. The van der Waals surface area contributed by atoms with Gasteiger partial charge in [-0.1, -0.05) is 38.1 Å².